The van der Waals surface area contributed by atoms with Gasteiger partial charge in [-0.25, -0.2) is 9.67 Å². The summed E-state index contributed by atoms with van der Waals surface area (Å²) in [5, 5.41) is 4.48. The van der Waals surface area contributed by atoms with E-state index in [0.29, 0.717) is 6.73 Å². The maximum atomic E-state index is 5.68. The number of ether oxygens (including phenoxy) is 1. The molecule has 0 saturated carbocycles. The topological polar surface area (TPSA) is 39.9 Å². The van der Waals surface area contributed by atoms with Crippen LogP contribution in [0.4, 0.5) is 0 Å². The molecule has 0 amide bonds. The lowest BCUT2D eigenvalue weighted by Gasteiger charge is -2.15. The van der Waals surface area contributed by atoms with Gasteiger partial charge >= 0.3 is 0 Å². The van der Waals surface area contributed by atoms with Crippen molar-refractivity contribution in [3.63, 3.8) is 0 Å². The first-order chi connectivity index (χ1) is 9.85. The molecular weight excluding hydrogens is 346 g/mol. The minimum Gasteiger partial charge on any atom is -0.359 e. The summed E-state index contributed by atoms with van der Waals surface area (Å²) in [4.78, 5) is 4.37. The molecule has 0 saturated heterocycles. The molecule has 2 rings (SSSR count). The Labute approximate surface area is 135 Å². The highest BCUT2D eigenvalue weighted by Gasteiger charge is 2.12. The van der Waals surface area contributed by atoms with Gasteiger partial charge in [0.05, 0.1) is 0 Å². The van der Waals surface area contributed by atoms with Crippen LogP contribution in [0.5, 0.6) is 0 Å². The van der Waals surface area contributed by atoms with E-state index in [1.54, 1.807) is 11.0 Å². The number of aryl methyl sites for hydroxylation is 1. The number of nitrogens with zero attached hydrogens (tertiary/aromatic N) is 3. The Balaban J connectivity index is 1.95. The highest BCUT2D eigenvalue weighted by molar-refractivity contribution is 9.10. The van der Waals surface area contributed by atoms with Gasteiger partial charge < -0.3 is 4.74 Å². The van der Waals surface area contributed by atoms with Crippen LogP contribution in [0.3, 0.4) is 0 Å². The number of benzene rings is 1. The third-order valence-electron chi connectivity index (χ3n) is 3.19. The van der Waals surface area contributed by atoms with Crippen LogP contribution in [0.25, 0.3) is 11.4 Å². The van der Waals surface area contributed by atoms with Gasteiger partial charge in [0.2, 0.25) is 0 Å². The molecule has 0 aliphatic heterocycles. The molecule has 21 heavy (non-hydrogen) atoms. The summed E-state index contributed by atoms with van der Waals surface area (Å²) in [5.74, 6) is 0.744. The molecule has 1 heterocycles. The van der Waals surface area contributed by atoms with Crippen LogP contribution in [0.15, 0.2) is 29.0 Å². The van der Waals surface area contributed by atoms with Gasteiger partial charge in [-0.15, -0.1) is 5.10 Å². The van der Waals surface area contributed by atoms with Gasteiger partial charge in [-0.2, -0.15) is 0 Å². The molecule has 0 radical (unpaired) electrons. The second-order valence-electron chi connectivity index (χ2n) is 6.41. The Morgan fingerprint density at radius 3 is 2.71 bits per heavy atom. The molecular formula is C15H22BrN3OSi. The Morgan fingerprint density at radius 1 is 1.29 bits per heavy atom. The number of hydrogen-bond donors (Lipinski definition) is 0. The maximum absolute atomic E-state index is 5.68. The average Bonchev–Trinajstić information content (AvgIpc) is 2.82. The van der Waals surface area contributed by atoms with Crippen molar-refractivity contribution >= 4 is 24.0 Å². The van der Waals surface area contributed by atoms with Crippen LogP contribution < -0.4 is 0 Å². The summed E-state index contributed by atoms with van der Waals surface area (Å²) in [6, 6.07) is 7.28. The van der Waals surface area contributed by atoms with E-state index in [9.17, 15) is 0 Å². The normalized spacial score (nSPS) is 11.9. The van der Waals surface area contributed by atoms with Crippen molar-refractivity contribution < 1.29 is 4.74 Å². The lowest BCUT2D eigenvalue weighted by atomic mass is 10.1. The predicted octanol–water partition coefficient (Wildman–Crippen LogP) is 4.33. The smallest absolute Gasteiger partial charge is 0.181 e. The van der Waals surface area contributed by atoms with E-state index < -0.39 is 8.07 Å². The Bertz CT molecular complexity index is 607. The zero-order chi connectivity index (χ0) is 15.5. The summed E-state index contributed by atoms with van der Waals surface area (Å²) in [7, 11) is -1.03. The van der Waals surface area contributed by atoms with E-state index >= 15 is 0 Å². The van der Waals surface area contributed by atoms with Crippen molar-refractivity contribution in [3.05, 3.63) is 34.6 Å². The van der Waals surface area contributed by atoms with Crippen molar-refractivity contribution in [2.45, 2.75) is 39.3 Å². The van der Waals surface area contributed by atoms with Crippen LogP contribution in [-0.2, 0) is 11.5 Å². The van der Waals surface area contributed by atoms with Crippen molar-refractivity contribution in [2.75, 3.05) is 6.61 Å². The number of aromatic nitrogens is 3. The molecule has 0 bridgehead atoms. The van der Waals surface area contributed by atoms with Gasteiger partial charge in [-0.3, -0.25) is 0 Å². The molecule has 4 nitrogen and oxygen atoms in total. The Kier molecular flexibility index (Phi) is 5.35. The van der Waals surface area contributed by atoms with E-state index in [2.05, 4.69) is 58.6 Å². The third kappa shape index (κ3) is 5.05. The SMILES string of the molecule is Cc1cc(Br)ccc1-c1ncn(COCC[Si](C)(C)C)n1. The Morgan fingerprint density at radius 2 is 2.05 bits per heavy atom. The molecule has 0 aliphatic carbocycles. The molecule has 0 N–H and O–H groups in total. The van der Waals surface area contributed by atoms with Gasteiger partial charge in [0.25, 0.3) is 0 Å². The Hall–Kier alpha value is -0.983. The lowest BCUT2D eigenvalue weighted by molar-refractivity contribution is 0.0785. The molecule has 0 aliphatic rings. The van der Waals surface area contributed by atoms with Gasteiger partial charge in [0, 0.05) is 24.7 Å². The average molecular weight is 368 g/mol. The van der Waals surface area contributed by atoms with Gasteiger partial charge in [-0.05, 0) is 36.7 Å². The van der Waals surface area contributed by atoms with Crippen molar-refractivity contribution in [2.24, 2.45) is 0 Å². The fourth-order valence-electron chi connectivity index (χ4n) is 1.89. The largest absolute Gasteiger partial charge is 0.359 e. The summed E-state index contributed by atoms with van der Waals surface area (Å²) in [6.45, 7) is 10.4. The lowest BCUT2D eigenvalue weighted by Crippen LogP contribution is -2.22. The van der Waals surface area contributed by atoms with E-state index in [0.717, 1.165) is 28.0 Å². The first-order valence-corrected chi connectivity index (χ1v) is 11.6. The van der Waals surface area contributed by atoms with Crippen molar-refractivity contribution in [1.82, 2.24) is 14.8 Å². The molecule has 114 valence electrons. The highest BCUT2D eigenvalue weighted by atomic mass is 79.9. The molecule has 1 aromatic carbocycles. The predicted molar refractivity (Wildman–Crippen MR) is 92.0 cm³/mol. The molecule has 1 aromatic heterocycles. The minimum absolute atomic E-state index is 0.465. The number of halogens is 1. The fourth-order valence-corrected chi connectivity index (χ4v) is 3.13. The monoisotopic (exact) mass is 367 g/mol. The molecule has 2 aromatic rings. The summed E-state index contributed by atoms with van der Waals surface area (Å²) < 4.78 is 8.50. The highest BCUT2D eigenvalue weighted by Crippen LogP contribution is 2.23. The standard InChI is InChI=1S/C15H22BrN3OSi/c1-12-9-13(16)5-6-14(12)15-17-10-19(18-15)11-20-7-8-21(2,3)4/h5-6,9-10H,7-8,11H2,1-4H3. The molecule has 0 spiro atoms. The van der Waals surface area contributed by atoms with Crippen LogP contribution in [0, 0.1) is 6.92 Å². The second kappa shape index (κ2) is 6.85. The van der Waals surface area contributed by atoms with Crippen molar-refractivity contribution in [3.8, 4) is 11.4 Å². The van der Waals surface area contributed by atoms with Crippen LogP contribution in [-0.4, -0.2) is 29.4 Å². The molecule has 0 atom stereocenters. The summed E-state index contributed by atoms with van der Waals surface area (Å²) in [6.07, 6.45) is 1.73. The molecule has 0 fully saturated rings. The third-order valence-corrected chi connectivity index (χ3v) is 5.38. The first-order valence-electron chi connectivity index (χ1n) is 7.09. The van der Waals surface area contributed by atoms with E-state index in [1.807, 2.05) is 12.1 Å². The number of rotatable bonds is 6. The van der Waals surface area contributed by atoms with Crippen molar-refractivity contribution in [1.29, 1.82) is 0 Å². The molecule has 0 unspecified atom stereocenters. The zero-order valence-electron chi connectivity index (χ0n) is 13.1. The van der Waals surface area contributed by atoms with Crippen LogP contribution in [0.1, 0.15) is 5.56 Å². The second-order valence-corrected chi connectivity index (χ2v) is 13.0. The van der Waals surface area contributed by atoms with Crippen LogP contribution in [0.2, 0.25) is 25.7 Å². The fraction of sp³-hybridized carbons (Fsp3) is 0.467. The quantitative estimate of drug-likeness (QED) is 0.563. The zero-order valence-corrected chi connectivity index (χ0v) is 15.6. The van der Waals surface area contributed by atoms with Gasteiger partial charge in [-0.1, -0.05) is 35.6 Å². The summed E-state index contributed by atoms with van der Waals surface area (Å²) in [5.41, 5.74) is 2.21. The minimum atomic E-state index is -1.03. The van der Waals surface area contributed by atoms with Crippen LogP contribution >= 0.6 is 15.9 Å². The van der Waals surface area contributed by atoms with Gasteiger partial charge in [0.15, 0.2) is 5.82 Å². The molecule has 6 heteroatoms. The van der Waals surface area contributed by atoms with E-state index in [-0.39, 0.29) is 0 Å². The number of hydrogen-bond acceptors (Lipinski definition) is 3. The maximum Gasteiger partial charge on any atom is 0.181 e. The van der Waals surface area contributed by atoms with Gasteiger partial charge in [0.1, 0.15) is 13.1 Å². The summed E-state index contributed by atoms with van der Waals surface area (Å²) >= 11 is 3.47. The van der Waals surface area contributed by atoms with E-state index in [1.165, 1.54) is 6.04 Å². The van der Waals surface area contributed by atoms with E-state index in [4.69, 9.17) is 4.74 Å². The first kappa shape index (κ1) is 16.4.